The van der Waals surface area contributed by atoms with Crippen molar-refractivity contribution in [2.24, 2.45) is 0 Å². The number of nitrogens with one attached hydrogen (secondary N) is 5. The molecule has 0 atom stereocenters. The van der Waals surface area contributed by atoms with Gasteiger partial charge in [-0.2, -0.15) is 0 Å². The number of carbonyl (C=O) groups is 9. The van der Waals surface area contributed by atoms with Gasteiger partial charge in [-0.05, 0) is 6.92 Å². The molecule has 0 radical (unpaired) electrons. The Kier molecular flexibility index (Phi) is 15.4. The highest BCUT2D eigenvalue weighted by molar-refractivity contribution is 5.93. The summed E-state index contributed by atoms with van der Waals surface area (Å²) in [5.74, 6) is -7.80. The topological polar surface area (TPSA) is 261 Å². The van der Waals surface area contributed by atoms with Crippen molar-refractivity contribution < 1.29 is 53.4 Å². The van der Waals surface area contributed by atoms with Crippen molar-refractivity contribution in [3.8, 4) is 0 Å². The lowest BCUT2D eigenvalue weighted by Crippen LogP contribution is -2.50. The van der Waals surface area contributed by atoms with Gasteiger partial charge in [-0.25, -0.2) is 0 Å². The van der Waals surface area contributed by atoms with E-state index in [0.717, 1.165) is 0 Å². The number of nitrogens with zero attached hydrogens (tertiary/aromatic N) is 2. The Bertz CT molecular complexity index is 894. The van der Waals surface area contributed by atoms with Gasteiger partial charge in [-0.15, -0.1) is 0 Å². The highest BCUT2D eigenvalue weighted by atomic mass is 16.4. The second kappa shape index (κ2) is 17.6. The molecule has 0 aliphatic heterocycles. The molecule has 18 nitrogen and oxygen atoms in total. The second-order valence-corrected chi connectivity index (χ2v) is 7.07. The Hall–Kier alpha value is -4.77. The number of rotatable bonds is 18. The molecule has 7 amide bonds. The molecule has 0 fully saturated rings. The normalized spacial score (nSPS) is 9.76. The zero-order valence-corrected chi connectivity index (χ0v) is 19.9. The van der Waals surface area contributed by atoms with E-state index < -0.39 is 99.7 Å². The summed E-state index contributed by atoms with van der Waals surface area (Å²) in [7, 11) is 0. The van der Waals surface area contributed by atoms with Gasteiger partial charge in [0.15, 0.2) is 0 Å². The predicted molar refractivity (Wildman–Crippen MR) is 120 cm³/mol. The van der Waals surface area contributed by atoms with E-state index in [-0.39, 0.29) is 13.0 Å². The van der Waals surface area contributed by atoms with Crippen LogP contribution >= 0.6 is 0 Å². The minimum Gasteiger partial charge on any atom is -0.480 e. The van der Waals surface area contributed by atoms with E-state index in [2.05, 4.69) is 26.6 Å². The smallest absolute Gasteiger partial charge is 0.323 e. The van der Waals surface area contributed by atoms with Crippen LogP contribution in [0.1, 0.15) is 6.92 Å². The fourth-order valence-electron chi connectivity index (χ4n) is 2.46. The third-order valence-electron chi connectivity index (χ3n) is 4.07. The Morgan fingerprint density at radius 3 is 1.41 bits per heavy atom. The molecule has 0 bridgehead atoms. The van der Waals surface area contributed by atoms with E-state index in [1.54, 1.807) is 6.92 Å². The lowest BCUT2D eigenvalue weighted by molar-refractivity contribution is -0.146. The molecule has 0 rings (SSSR count). The largest absolute Gasteiger partial charge is 0.480 e. The minimum absolute atomic E-state index is 0.257. The fourth-order valence-corrected chi connectivity index (χ4v) is 2.46. The first kappa shape index (κ1) is 32.2. The number of carbonyl (C=O) groups excluding carboxylic acids is 7. The quantitative estimate of drug-likeness (QED) is 0.0819. The van der Waals surface area contributed by atoms with Crippen molar-refractivity contribution in [3.63, 3.8) is 0 Å². The van der Waals surface area contributed by atoms with Crippen molar-refractivity contribution >= 4 is 53.8 Å². The van der Waals surface area contributed by atoms with E-state index in [1.807, 2.05) is 0 Å². The van der Waals surface area contributed by atoms with Crippen molar-refractivity contribution in [2.75, 3.05) is 58.9 Å². The van der Waals surface area contributed by atoms with Gasteiger partial charge in [-0.1, -0.05) is 0 Å². The van der Waals surface area contributed by atoms with E-state index in [0.29, 0.717) is 9.80 Å². The molecule has 0 saturated carbocycles. The van der Waals surface area contributed by atoms with Crippen molar-refractivity contribution in [1.82, 2.24) is 36.4 Å². The Morgan fingerprint density at radius 1 is 0.595 bits per heavy atom. The zero-order chi connectivity index (χ0) is 28.4. The van der Waals surface area contributed by atoms with Crippen LogP contribution < -0.4 is 26.6 Å². The molecule has 0 aromatic carbocycles. The van der Waals surface area contributed by atoms with Crippen LogP contribution in [0.25, 0.3) is 0 Å². The van der Waals surface area contributed by atoms with Crippen molar-refractivity contribution in [2.45, 2.75) is 6.92 Å². The molecule has 0 unspecified atom stereocenters. The summed E-state index contributed by atoms with van der Waals surface area (Å²) in [6.45, 7) is -3.56. The first-order chi connectivity index (χ1) is 17.4. The number of likely N-dealkylation sites (N-methyl/N-ethyl adjacent to an activating group) is 1. The number of aliphatic carboxylic acids is 2. The van der Waals surface area contributed by atoms with Crippen LogP contribution in [-0.2, 0) is 43.2 Å². The maximum atomic E-state index is 12.2. The van der Waals surface area contributed by atoms with Crippen LogP contribution in [0.3, 0.4) is 0 Å². The maximum absolute atomic E-state index is 12.2. The number of carboxylic acids is 2. The third kappa shape index (κ3) is 15.7. The summed E-state index contributed by atoms with van der Waals surface area (Å²) in [6.07, 6.45) is 0.257. The van der Waals surface area contributed by atoms with Gasteiger partial charge in [-0.3, -0.25) is 43.2 Å². The lowest BCUT2D eigenvalue weighted by Gasteiger charge is -2.21. The lowest BCUT2D eigenvalue weighted by atomic mass is 10.3. The van der Waals surface area contributed by atoms with Gasteiger partial charge < -0.3 is 46.6 Å². The molecular formula is C19H29N7O11. The molecule has 0 saturated heterocycles. The molecule has 7 N–H and O–H groups in total. The van der Waals surface area contributed by atoms with Crippen molar-refractivity contribution in [1.29, 1.82) is 0 Å². The number of amides is 7. The van der Waals surface area contributed by atoms with Gasteiger partial charge >= 0.3 is 11.9 Å². The van der Waals surface area contributed by atoms with E-state index in [9.17, 15) is 43.2 Å². The summed E-state index contributed by atoms with van der Waals surface area (Å²) in [4.78, 5) is 105. The summed E-state index contributed by atoms with van der Waals surface area (Å²) in [5.41, 5.74) is 0. The predicted octanol–water partition coefficient (Wildman–Crippen LogP) is -5.96. The SMILES string of the molecule is CCNC(=O)CN(CC(=O)O)C(=O)CNC(=O)CNC(=O)CN(CC(=O)O)C(=O)CNC(=O)CNC=O. The summed E-state index contributed by atoms with van der Waals surface area (Å²) >= 11 is 0. The first-order valence-corrected chi connectivity index (χ1v) is 10.6. The van der Waals surface area contributed by atoms with Gasteiger partial charge in [0.1, 0.15) is 26.2 Å². The average molecular weight is 531 g/mol. The first-order valence-electron chi connectivity index (χ1n) is 10.6. The summed E-state index contributed by atoms with van der Waals surface area (Å²) < 4.78 is 0. The molecule has 0 aromatic heterocycles. The monoisotopic (exact) mass is 531 g/mol. The van der Waals surface area contributed by atoms with E-state index in [1.165, 1.54) is 0 Å². The molecule has 18 heteroatoms. The molecule has 37 heavy (non-hydrogen) atoms. The van der Waals surface area contributed by atoms with E-state index >= 15 is 0 Å². The average Bonchev–Trinajstić information content (AvgIpc) is 2.81. The molecule has 0 aromatic rings. The third-order valence-corrected chi connectivity index (χ3v) is 4.07. The van der Waals surface area contributed by atoms with Crippen molar-refractivity contribution in [3.05, 3.63) is 0 Å². The number of hydrogen-bond donors (Lipinski definition) is 7. The Morgan fingerprint density at radius 2 is 1.00 bits per heavy atom. The van der Waals surface area contributed by atoms with Crippen LogP contribution in [0, 0.1) is 0 Å². The molecule has 0 heterocycles. The summed E-state index contributed by atoms with van der Waals surface area (Å²) in [6, 6.07) is 0. The van der Waals surface area contributed by atoms with Gasteiger partial charge in [0, 0.05) is 6.54 Å². The highest BCUT2D eigenvalue weighted by Gasteiger charge is 2.22. The van der Waals surface area contributed by atoms with Crippen LogP contribution in [0.15, 0.2) is 0 Å². The Labute approximate surface area is 210 Å². The Balaban J connectivity index is 4.74. The van der Waals surface area contributed by atoms with Crippen LogP contribution in [0.2, 0.25) is 0 Å². The molecule has 0 aliphatic carbocycles. The van der Waals surface area contributed by atoms with Gasteiger partial charge in [0.25, 0.3) is 0 Å². The summed E-state index contributed by atoms with van der Waals surface area (Å²) in [5, 5.41) is 28.7. The highest BCUT2D eigenvalue weighted by Crippen LogP contribution is 1.92. The second-order valence-electron chi connectivity index (χ2n) is 7.07. The maximum Gasteiger partial charge on any atom is 0.323 e. The van der Waals surface area contributed by atoms with Crippen LogP contribution in [0.4, 0.5) is 0 Å². The molecular weight excluding hydrogens is 502 g/mol. The molecule has 0 spiro atoms. The standard InChI is InChI=1S/C19H29N7O11/c1-2-21-14(30)7-25(9-18(34)35)17(33)6-24-13(29)4-22-15(31)8-26(10-19(36)37)16(32)5-23-12(28)3-20-11-27/h11H,2-10H2,1H3,(H,20,27)(H,21,30)(H,22,31)(H,23,28)(H,24,29)(H,34,35)(H,36,37). The van der Waals surface area contributed by atoms with Crippen LogP contribution in [-0.4, -0.2) is 133 Å². The van der Waals surface area contributed by atoms with E-state index in [4.69, 9.17) is 10.2 Å². The molecule has 206 valence electrons. The molecule has 0 aliphatic rings. The van der Waals surface area contributed by atoms with Crippen LogP contribution in [0.5, 0.6) is 0 Å². The van der Waals surface area contributed by atoms with Gasteiger partial charge in [0.05, 0.1) is 26.2 Å². The number of hydrogen-bond acceptors (Lipinski definition) is 9. The minimum atomic E-state index is -1.45. The van der Waals surface area contributed by atoms with Gasteiger partial charge in [0.2, 0.25) is 41.9 Å². The fraction of sp³-hybridized carbons (Fsp3) is 0.526. The zero-order valence-electron chi connectivity index (χ0n) is 19.9. The number of carboxylic acid groups (broad SMARTS) is 2.